The first-order valence-corrected chi connectivity index (χ1v) is 9.95. The zero-order chi connectivity index (χ0) is 15.7. The van der Waals surface area contributed by atoms with Crippen LogP contribution in [-0.2, 0) is 18.1 Å². The molecule has 5 nitrogen and oxygen atoms in total. The summed E-state index contributed by atoms with van der Waals surface area (Å²) < 4.78 is 17.1. The van der Waals surface area contributed by atoms with Crippen LogP contribution >= 0.6 is 0 Å². The van der Waals surface area contributed by atoms with Crippen molar-refractivity contribution in [3.8, 4) is 0 Å². The number of aliphatic hydroxyl groups is 1. The van der Waals surface area contributed by atoms with Gasteiger partial charge >= 0.3 is 8.80 Å². The average Bonchev–Trinajstić information content (AvgIpc) is 2.50. The predicted molar refractivity (Wildman–Crippen MR) is 83.0 cm³/mol. The van der Waals surface area contributed by atoms with Crippen LogP contribution in [0.1, 0.15) is 51.9 Å². The van der Waals surface area contributed by atoms with Crippen LogP contribution in [0.4, 0.5) is 0 Å². The fraction of sp³-hybridized carbons (Fsp3) is 0.933. The van der Waals surface area contributed by atoms with Crippen molar-refractivity contribution in [2.45, 2.75) is 64.0 Å². The van der Waals surface area contributed by atoms with Crippen LogP contribution in [-0.4, -0.2) is 46.6 Å². The summed E-state index contributed by atoms with van der Waals surface area (Å²) in [6.07, 6.45) is 5.37. The maximum atomic E-state index is 11.6. The minimum Gasteiger partial charge on any atom is -0.385 e. The Morgan fingerprint density at radius 3 is 2.52 bits per heavy atom. The summed E-state index contributed by atoms with van der Waals surface area (Å²) in [4.78, 5) is 11.6. The molecule has 0 aliphatic heterocycles. The number of carbonyl (C=O) groups excluding carboxylic acids is 1. The van der Waals surface area contributed by atoms with Gasteiger partial charge in [0.1, 0.15) is 6.10 Å². The van der Waals surface area contributed by atoms with Gasteiger partial charge < -0.3 is 18.4 Å². The maximum Gasteiger partial charge on any atom is 0.500 e. The molecule has 21 heavy (non-hydrogen) atoms. The number of Topliss-reactive ketones (excluding diaryl/α,β-unsaturated/α-hetero) is 1. The van der Waals surface area contributed by atoms with E-state index in [-0.39, 0.29) is 5.78 Å². The number of hydrogen-bond donors (Lipinski definition) is 1. The molecule has 0 spiro atoms. The molecule has 0 aromatic heterocycles. The lowest BCUT2D eigenvalue weighted by Crippen LogP contribution is -2.44. The Kier molecular flexibility index (Phi) is 8.66. The molecule has 1 aliphatic rings. The summed E-state index contributed by atoms with van der Waals surface area (Å²) in [5.41, 5.74) is 0. The van der Waals surface area contributed by atoms with Gasteiger partial charge in [0.25, 0.3) is 0 Å². The van der Waals surface area contributed by atoms with Crippen molar-refractivity contribution in [1.82, 2.24) is 0 Å². The van der Waals surface area contributed by atoms with E-state index in [4.69, 9.17) is 13.3 Å². The zero-order valence-electron chi connectivity index (χ0n) is 13.6. The summed E-state index contributed by atoms with van der Waals surface area (Å²) in [7, 11) is 0.698. The number of carbonyl (C=O) groups is 1. The SMILES string of the molecule is CCCCCO[Si](CCC1CCC(O)C(=O)C1)(OC)OC. The van der Waals surface area contributed by atoms with E-state index in [1.807, 2.05) is 0 Å². The molecule has 1 fully saturated rings. The van der Waals surface area contributed by atoms with Crippen molar-refractivity contribution in [3.63, 3.8) is 0 Å². The molecule has 1 saturated carbocycles. The summed E-state index contributed by atoms with van der Waals surface area (Å²) in [5, 5.41) is 9.47. The Balaban J connectivity index is 2.40. The molecule has 124 valence electrons. The van der Waals surface area contributed by atoms with Gasteiger partial charge in [-0.15, -0.1) is 0 Å². The normalized spacial score (nSPS) is 23.5. The molecule has 0 amide bonds. The van der Waals surface area contributed by atoms with Crippen LogP contribution in [0.15, 0.2) is 0 Å². The van der Waals surface area contributed by atoms with Gasteiger partial charge in [-0.1, -0.05) is 19.8 Å². The van der Waals surface area contributed by atoms with Crippen molar-refractivity contribution in [3.05, 3.63) is 0 Å². The number of unbranched alkanes of at least 4 members (excludes halogenated alkanes) is 2. The molecule has 2 atom stereocenters. The van der Waals surface area contributed by atoms with E-state index in [9.17, 15) is 9.90 Å². The molecule has 0 radical (unpaired) electrons. The van der Waals surface area contributed by atoms with Gasteiger partial charge in [0, 0.05) is 33.3 Å². The molecule has 0 saturated heterocycles. The van der Waals surface area contributed by atoms with Gasteiger partial charge in [0.2, 0.25) is 0 Å². The van der Waals surface area contributed by atoms with Crippen LogP contribution in [0, 0.1) is 5.92 Å². The Bertz CT molecular complexity index is 306. The molecule has 2 unspecified atom stereocenters. The minimum absolute atomic E-state index is 0.0304. The first-order chi connectivity index (χ1) is 10.1. The average molecular weight is 318 g/mol. The monoisotopic (exact) mass is 318 g/mol. The minimum atomic E-state index is -2.59. The van der Waals surface area contributed by atoms with Gasteiger partial charge in [0.05, 0.1) is 0 Å². The van der Waals surface area contributed by atoms with E-state index in [0.717, 1.165) is 38.1 Å². The molecule has 0 bridgehead atoms. The largest absolute Gasteiger partial charge is 0.500 e. The fourth-order valence-electron chi connectivity index (χ4n) is 2.76. The summed E-state index contributed by atoms with van der Waals surface area (Å²) in [5.74, 6) is 0.287. The van der Waals surface area contributed by atoms with Crippen molar-refractivity contribution >= 4 is 14.6 Å². The first kappa shape index (κ1) is 18.8. The molecule has 0 aromatic rings. The third-order valence-electron chi connectivity index (χ3n) is 4.26. The van der Waals surface area contributed by atoms with E-state index >= 15 is 0 Å². The highest BCUT2D eigenvalue weighted by Crippen LogP contribution is 2.29. The van der Waals surface area contributed by atoms with E-state index in [1.165, 1.54) is 0 Å². The lowest BCUT2D eigenvalue weighted by atomic mass is 9.85. The first-order valence-electron chi connectivity index (χ1n) is 8.02. The number of ketones is 1. The quantitative estimate of drug-likeness (QED) is 0.495. The fourth-order valence-corrected chi connectivity index (χ4v) is 4.93. The zero-order valence-corrected chi connectivity index (χ0v) is 14.6. The molecule has 1 N–H and O–H groups in total. The van der Waals surface area contributed by atoms with Gasteiger partial charge in [-0.25, -0.2) is 0 Å². The molecule has 1 rings (SSSR count). The molecule has 1 aliphatic carbocycles. The predicted octanol–water partition coefficient (Wildman–Crippen LogP) is 2.55. The Morgan fingerprint density at radius 1 is 1.24 bits per heavy atom. The van der Waals surface area contributed by atoms with Crippen molar-refractivity contribution < 1.29 is 23.2 Å². The van der Waals surface area contributed by atoms with Crippen molar-refractivity contribution in [1.29, 1.82) is 0 Å². The van der Waals surface area contributed by atoms with Gasteiger partial charge in [-0.3, -0.25) is 4.79 Å². The second-order valence-corrected chi connectivity index (χ2v) is 8.79. The number of aliphatic hydroxyl groups excluding tert-OH is 1. The smallest absolute Gasteiger partial charge is 0.385 e. The Labute approximate surface area is 129 Å². The maximum absolute atomic E-state index is 11.6. The van der Waals surface area contributed by atoms with Gasteiger partial charge in [-0.05, 0) is 31.6 Å². The summed E-state index contributed by atoms with van der Waals surface area (Å²) in [6, 6.07) is 0.736. The number of rotatable bonds is 10. The molecular weight excluding hydrogens is 288 g/mol. The molecular formula is C15H30O5Si. The van der Waals surface area contributed by atoms with E-state index in [2.05, 4.69) is 6.92 Å². The van der Waals surface area contributed by atoms with Gasteiger partial charge in [0.15, 0.2) is 5.78 Å². The standard InChI is InChI=1S/C15H30O5Si/c1-4-5-6-10-20-21(18-2,19-3)11-9-13-7-8-14(16)15(17)12-13/h13-14,16H,4-12H2,1-3H3. The molecule has 0 aromatic carbocycles. The highest BCUT2D eigenvalue weighted by molar-refractivity contribution is 6.60. The topological polar surface area (TPSA) is 65.0 Å². The lowest BCUT2D eigenvalue weighted by Gasteiger charge is -2.30. The van der Waals surface area contributed by atoms with Crippen LogP contribution in [0.5, 0.6) is 0 Å². The third kappa shape index (κ3) is 6.16. The molecule has 0 heterocycles. The van der Waals surface area contributed by atoms with E-state index in [0.29, 0.717) is 25.4 Å². The van der Waals surface area contributed by atoms with E-state index < -0.39 is 14.9 Å². The highest BCUT2D eigenvalue weighted by atomic mass is 28.4. The Hall–Kier alpha value is -0.273. The van der Waals surface area contributed by atoms with Crippen LogP contribution in [0.3, 0.4) is 0 Å². The second-order valence-electron chi connectivity index (χ2n) is 5.82. The highest BCUT2D eigenvalue weighted by Gasteiger charge is 2.40. The number of hydrogen-bond acceptors (Lipinski definition) is 5. The summed E-state index contributed by atoms with van der Waals surface area (Å²) >= 11 is 0. The van der Waals surface area contributed by atoms with Gasteiger partial charge in [-0.2, -0.15) is 0 Å². The second kappa shape index (κ2) is 9.68. The van der Waals surface area contributed by atoms with Crippen LogP contribution in [0.25, 0.3) is 0 Å². The van der Waals surface area contributed by atoms with Crippen molar-refractivity contribution in [2.75, 3.05) is 20.8 Å². The van der Waals surface area contributed by atoms with Crippen LogP contribution < -0.4 is 0 Å². The van der Waals surface area contributed by atoms with Crippen molar-refractivity contribution in [2.24, 2.45) is 5.92 Å². The lowest BCUT2D eigenvalue weighted by molar-refractivity contribution is -0.130. The van der Waals surface area contributed by atoms with E-state index in [1.54, 1.807) is 14.2 Å². The van der Waals surface area contributed by atoms with Crippen LogP contribution in [0.2, 0.25) is 6.04 Å². The third-order valence-corrected chi connectivity index (χ3v) is 7.05. The Morgan fingerprint density at radius 2 is 1.95 bits per heavy atom. The molecule has 6 heteroatoms. The summed E-state index contributed by atoms with van der Waals surface area (Å²) in [6.45, 7) is 2.83.